The Morgan fingerprint density at radius 1 is 1.10 bits per heavy atom. The maximum atomic E-state index is 12.9. The van der Waals surface area contributed by atoms with Crippen LogP contribution < -0.4 is 9.46 Å². The van der Waals surface area contributed by atoms with E-state index in [4.69, 9.17) is 14.0 Å². The zero-order chi connectivity index (χ0) is 21.9. The van der Waals surface area contributed by atoms with Crippen LogP contribution in [0.25, 0.3) is 0 Å². The van der Waals surface area contributed by atoms with Gasteiger partial charge < -0.3 is 14.0 Å². The van der Waals surface area contributed by atoms with Crippen molar-refractivity contribution in [3.05, 3.63) is 70.6 Å². The van der Waals surface area contributed by atoms with Crippen LogP contribution in [0.5, 0.6) is 5.75 Å². The summed E-state index contributed by atoms with van der Waals surface area (Å²) in [7, 11) is -2.65. The number of aromatic nitrogens is 1. The summed E-state index contributed by atoms with van der Waals surface area (Å²) in [5.41, 5.74) is 2.77. The Kier molecular flexibility index (Phi) is 6.12. The van der Waals surface area contributed by atoms with Crippen LogP contribution >= 0.6 is 0 Å². The molecule has 0 spiro atoms. The van der Waals surface area contributed by atoms with Gasteiger partial charge in [-0.25, -0.2) is 13.2 Å². The Bertz CT molecular complexity index is 1150. The standard InChI is InChI=1S/C21H22N2O6S/c1-13-5-8-17(9-6-13)23-30(25,26)20-11-16(7-10-19(20)27-4)21(24)28-12-18-14(2)22-29-15(18)3/h5-11,23H,12H2,1-4H3. The molecule has 0 unspecified atom stereocenters. The van der Waals surface area contributed by atoms with Gasteiger partial charge in [-0.2, -0.15) is 0 Å². The smallest absolute Gasteiger partial charge is 0.338 e. The topological polar surface area (TPSA) is 108 Å². The third-order valence-electron chi connectivity index (χ3n) is 4.52. The first-order valence-electron chi connectivity index (χ1n) is 9.07. The van der Waals surface area contributed by atoms with E-state index in [9.17, 15) is 13.2 Å². The number of esters is 1. The Morgan fingerprint density at radius 2 is 1.80 bits per heavy atom. The van der Waals surface area contributed by atoms with Crippen LogP contribution in [0, 0.1) is 20.8 Å². The van der Waals surface area contributed by atoms with Crippen molar-refractivity contribution < 1.29 is 27.2 Å². The third kappa shape index (κ3) is 4.62. The summed E-state index contributed by atoms with van der Waals surface area (Å²) in [5, 5.41) is 3.81. The minimum atomic E-state index is -4.00. The number of methoxy groups -OCH3 is 1. The minimum absolute atomic E-state index is 0.0320. The molecule has 2 aromatic carbocycles. The van der Waals surface area contributed by atoms with Gasteiger partial charge >= 0.3 is 5.97 Å². The Labute approximate surface area is 174 Å². The van der Waals surface area contributed by atoms with Crippen LogP contribution in [0.15, 0.2) is 51.9 Å². The number of anilines is 1. The highest BCUT2D eigenvalue weighted by molar-refractivity contribution is 7.92. The third-order valence-corrected chi connectivity index (χ3v) is 5.92. The number of sulfonamides is 1. The number of carbonyl (C=O) groups excluding carboxylic acids is 1. The summed E-state index contributed by atoms with van der Waals surface area (Å²) in [6, 6.07) is 11.0. The fraction of sp³-hybridized carbons (Fsp3) is 0.238. The molecule has 3 aromatic rings. The largest absolute Gasteiger partial charge is 0.495 e. The number of rotatable bonds is 7. The van der Waals surface area contributed by atoms with E-state index in [0.29, 0.717) is 22.7 Å². The molecule has 0 saturated carbocycles. The van der Waals surface area contributed by atoms with Crippen LogP contribution in [-0.4, -0.2) is 26.7 Å². The van der Waals surface area contributed by atoms with E-state index < -0.39 is 16.0 Å². The van der Waals surface area contributed by atoms with Crippen molar-refractivity contribution in [1.82, 2.24) is 5.16 Å². The monoisotopic (exact) mass is 430 g/mol. The molecule has 0 radical (unpaired) electrons. The summed E-state index contributed by atoms with van der Waals surface area (Å²) in [4.78, 5) is 12.3. The van der Waals surface area contributed by atoms with Crippen molar-refractivity contribution in [1.29, 1.82) is 0 Å². The molecule has 9 heteroatoms. The maximum Gasteiger partial charge on any atom is 0.338 e. The Balaban J connectivity index is 1.85. The second-order valence-electron chi connectivity index (χ2n) is 6.72. The summed E-state index contributed by atoms with van der Waals surface area (Å²) >= 11 is 0. The van der Waals surface area contributed by atoms with Crippen LogP contribution in [0.2, 0.25) is 0 Å². The average Bonchev–Trinajstić information content (AvgIpc) is 3.04. The number of carbonyl (C=O) groups is 1. The molecule has 0 fully saturated rings. The summed E-state index contributed by atoms with van der Waals surface area (Å²) in [5.74, 6) is -0.0121. The molecule has 3 rings (SSSR count). The molecular weight excluding hydrogens is 408 g/mol. The summed E-state index contributed by atoms with van der Waals surface area (Å²) in [6.45, 7) is 5.33. The Hall–Kier alpha value is -3.33. The molecule has 0 aliphatic carbocycles. The number of benzene rings is 2. The molecule has 1 N–H and O–H groups in total. The predicted molar refractivity (Wildman–Crippen MR) is 110 cm³/mol. The lowest BCUT2D eigenvalue weighted by Crippen LogP contribution is -2.15. The van der Waals surface area contributed by atoms with Gasteiger partial charge in [-0.3, -0.25) is 4.72 Å². The zero-order valence-corrected chi connectivity index (χ0v) is 17.9. The molecule has 8 nitrogen and oxygen atoms in total. The first-order chi connectivity index (χ1) is 14.2. The lowest BCUT2D eigenvalue weighted by Gasteiger charge is -2.13. The quantitative estimate of drug-likeness (QED) is 0.569. The number of hydrogen-bond donors (Lipinski definition) is 1. The first-order valence-corrected chi connectivity index (χ1v) is 10.6. The highest BCUT2D eigenvalue weighted by Gasteiger charge is 2.23. The van der Waals surface area contributed by atoms with E-state index >= 15 is 0 Å². The van der Waals surface area contributed by atoms with Crippen molar-refractivity contribution >= 4 is 21.7 Å². The van der Waals surface area contributed by atoms with Crippen molar-refractivity contribution in [3.63, 3.8) is 0 Å². The van der Waals surface area contributed by atoms with Gasteiger partial charge in [-0.05, 0) is 51.1 Å². The number of nitrogens with one attached hydrogen (secondary N) is 1. The van der Waals surface area contributed by atoms with Crippen LogP contribution in [0.3, 0.4) is 0 Å². The normalized spacial score (nSPS) is 11.2. The van der Waals surface area contributed by atoms with Gasteiger partial charge in [0.25, 0.3) is 10.0 Å². The van der Waals surface area contributed by atoms with E-state index in [1.165, 1.54) is 25.3 Å². The van der Waals surface area contributed by atoms with Crippen molar-refractivity contribution in [2.45, 2.75) is 32.3 Å². The number of aryl methyl sites for hydroxylation is 3. The molecule has 0 bridgehead atoms. The van der Waals surface area contributed by atoms with Gasteiger partial charge in [0, 0.05) is 5.69 Å². The zero-order valence-electron chi connectivity index (χ0n) is 17.1. The molecule has 1 aromatic heterocycles. The highest BCUT2D eigenvalue weighted by atomic mass is 32.2. The lowest BCUT2D eigenvalue weighted by molar-refractivity contribution is 0.0470. The summed E-state index contributed by atoms with van der Waals surface area (Å²) < 4.78 is 43.9. The molecule has 0 atom stereocenters. The van der Waals surface area contributed by atoms with Crippen molar-refractivity contribution in [3.8, 4) is 5.75 Å². The molecule has 0 amide bonds. The highest BCUT2D eigenvalue weighted by Crippen LogP contribution is 2.27. The number of hydrogen-bond acceptors (Lipinski definition) is 7. The fourth-order valence-electron chi connectivity index (χ4n) is 2.77. The van der Waals surface area contributed by atoms with Gasteiger partial charge in [0.15, 0.2) is 0 Å². The summed E-state index contributed by atoms with van der Waals surface area (Å²) in [6.07, 6.45) is 0. The van der Waals surface area contributed by atoms with Gasteiger partial charge in [0.1, 0.15) is 23.0 Å². The first kappa shape index (κ1) is 21.4. The molecular formula is C21H22N2O6S. The average molecular weight is 430 g/mol. The van der Waals surface area contributed by atoms with Gasteiger partial charge in [0.2, 0.25) is 0 Å². The lowest BCUT2D eigenvalue weighted by atomic mass is 10.2. The fourth-order valence-corrected chi connectivity index (χ4v) is 4.03. The number of nitrogens with zero attached hydrogens (tertiary/aromatic N) is 1. The molecule has 158 valence electrons. The molecule has 1 heterocycles. The maximum absolute atomic E-state index is 12.9. The van der Waals surface area contributed by atoms with Crippen LogP contribution in [0.1, 0.15) is 32.9 Å². The predicted octanol–water partition coefficient (Wildman–Crippen LogP) is 3.77. The Morgan fingerprint density at radius 3 is 2.40 bits per heavy atom. The molecule has 0 saturated heterocycles. The van der Waals surface area contributed by atoms with Gasteiger partial charge in [0.05, 0.1) is 23.9 Å². The molecule has 0 aliphatic heterocycles. The molecule has 0 aliphatic rings. The second-order valence-corrected chi connectivity index (χ2v) is 8.37. The van der Waals surface area contributed by atoms with E-state index in [2.05, 4.69) is 9.88 Å². The van der Waals surface area contributed by atoms with Crippen molar-refractivity contribution in [2.75, 3.05) is 11.8 Å². The van der Waals surface area contributed by atoms with Gasteiger partial charge in [-0.15, -0.1) is 0 Å². The van der Waals surface area contributed by atoms with Crippen LogP contribution in [-0.2, 0) is 21.4 Å². The van der Waals surface area contributed by atoms with Crippen LogP contribution in [0.4, 0.5) is 5.69 Å². The molecule has 30 heavy (non-hydrogen) atoms. The second kappa shape index (κ2) is 8.58. The SMILES string of the molecule is COc1ccc(C(=O)OCc2c(C)noc2C)cc1S(=O)(=O)Nc1ccc(C)cc1. The van der Waals surface area contributed by atoms with Crippen molar-refractivity contribution in [2.24, 2.45) is 0 Å². The van der Waals surface area contributed by atoms with E-state index in [0.717, 1.165) is 5.56 Å². The number of ether oxygens (including phenoxy) is 2. The van der Waals surface area contributed by atoms with E-state index in [-0.39, 0.29) is 22.8 Å². The minimum Gasteiger partial charge on any atom is -0.495 e. The van der Waals surface area contributed by atoms with E-state index in [1.54, 1.807) is 38.1 Å². The van der Waals surface area contributed by atoms with E-state index in [1.807, 2.05) is 6.92 Å². The van der Waals surface area contributed by atoms with Gasteiger partial charge in [-0.1, -0.05) is 22.9 Å².